The fourth-order valence-corrected chi connectivity index (χ4v) is 1.68. The van der Waals surface area contributed by atoms with Gasteiger partial charge in [0.05, 0.1) is 18.7 Å². The summed E-state index contributed by atoms with van der Waals surface area (Å²) in [4.78, 5) is 0. The molecule has 18 heavy (non-hydrogen) atoms. The summed E-state index contributed by atoms with van der Waals surface area (Å²) >= 11 is 0. The first-order valence-electron chi connectivity index (χ1n) is 5.65. The SMILES string of the molecule is COc1cccc(C=Cc2ccccc2C#N)c1. The third-order valence-corrected chi connectivity index (χ3v) is 2.63. The summed E-state index contributed by atoms with van der Waals surface area (Å²) in [5.74, 6) is 0.825. The Labute approximate surface area is 107 Å². The Hall–Kier alpha value is -2.53. The van der Waals surface area contributed by atoms with Crippen LogP contribution in [0.3, 0.4) is 0 Å². The lowest BCUT2D eigenvalue weighted by atomic mass is 10.1. The first-order chi connectivity index (χ1) is 8.83. The molecule has 0 heterocycles. The van der Waals surface area contributed by atoms with Crippen LogP contribution in [0.5, 0.6) is 5.75 Å². The van der Waals surface area contributed by atoms with E-state index in [9.17, 15) is 0 Å². The quantitative estimate of drug-likeness (QED) is 0.759. The van der Waals surface area contributed by atoms with Crippen molar-refractivity contribution in [1.82, 2.24) is 0 Å². The first kappa shape index (κ1) is 11.9. The lowest BCUT2D eigenvalue weighted by Gasteiger charge is -2.00. The van der Waals surface area contributed by atoms with Crippen LogP contribution >= 0.6 is 0 Å². The predicted molar refractivity (Wildman–Crippen MR) is 73.1 cm³/mol. The zero-order chi connectivity index (χ0) is 12.8. The summed E-state index contributed by atoms with van der Waals surface area (Å²) in [5.41, 5.74) is 2.64. The van der Waals surface area contributed by atoms with Crippen LogP contribution in [0.4, 0.5) is 0 Å². The number of nitrogens with zero attached hydrogens (tertiary/aromatic N) is 1. The minimum Gasteiger partial charge on any atom is -0.497 e. The first-order valence-corrected chi connectivity index (χ1v) is 5.65. The van der Waals surface area contributed by atoms with Gasteiger partial charge in [-0.05, 0) is 29.3 Å². The molecule has 0 atom stereocenters. The Morgan fingerprint density at radius 1 is 1.06 bits per heavy atom. The molecule has 0 aliphatic heterocycles. The van der Waals surface area contributed by atoms with Crippen molar-refractivity contribution in [3.05, 3.63) is 65.2 Å². The van der Waals surface area contributed by atoms with E-state index < -0.39 is 0 Å². The third-order valence-electron chi connectivity index (χ3n) is 2.63. The van der Waals surface area contributed by atoms with Crippen LogP contribution in [0.25, 0.3) is 12.2 Å². The lowest BCUT2D eigenvalue weighted by Crippen LogP contribution is -1.83. The molecular formula is C16H13NO. The second-order valence-corrected chi connectivity index (χ2v) is 3.81. The summed E-state index contributed by atoms with van der Waals surface area (Å²) in [6.07, 6.45) is 3.91. The van der Waals surface area contributed by atoms with Gasteiger partial charge in [0.1, 0.15) is 5.75 Å². The van der Waals surface area contributed by atoms with Crippen molar-refractivity contribution in [2.75, 3.05) is 7.11 Å². The van der Waals surface area contributed by atoms with Gasteiger partial charge in [-0.15, -0.1) is 0 Å². The highest BCUT2D eigenvalue weighted by molar-refractivity contribution is 5.72. The molecule has 0 aliphatic carbocycles. The zero-order valence-corrected chi connectivity index (χ0v) is 10.1. The molecule has 0 bridgehead atoms. The van der Waals surface area contributed by atoms with Gasteiger partial charge in [-0.3, -0.25) is 0 Å². The maximum absolute atomic E-state index is 8.99. The number of hydrogen-bond donors (Lipinski definition) is 0. The van der Waals surface area contributed by atoms with E-state index in [-0.39, 0.29) is 0 Å². The molecule has 0 saturated carbocycles. The highest BCUT2D eigenvalue weighted by Gasteiger charge is 1.96. The van der Waals surface area contributed by atoms with E-state index in [1.165, 1.54) is 0 Å². The van der Waals surface area contributed by atoms with Crippen molar-refractivity contribution in [2.45, 2.75) is 0 Å². The molecule has 88 valence electrons. The van der Waals surface area contributed by atoms with Gasteiger partial charge < -0.3 is 4.74 Å². The molecule has 0 saturated heterocycles. The Kier molecular flexibility index (Phi) is 3.78. The van der Waals surface area contributed by atoms with Gasteiger partial charge in [0.25, 0.3) is 0 Å². The fraction of sp³-hybridized carbons (Fsp3) is 0.0625. The van der Waals surface area contributed by atoms with Crippen LogP contribution in [0, 0.1) is 11.3 Å². The second-order valence-electron chi connectivity index (χ2n) is 3.81. The summed E-state index contributed by atoms with van der Waals surface area (Å²) < 4.78 is 5.17. The molecule has 0 aromatic heterocycles. The number of rotatable bonds is 3. The van der Waals surface area contributed by atoms with E-state index in [1.54, 1.807) is 7.11 Å². The van der Waals surface area contributed by atoms with Gasteiger partial charge >= 0.3 is 0 Å². The molecule has 2 heteroatoms. The van der Waals surface area contributed by atoms with Gasteiger partial charge in [0.2, 0.25) is 0 Å². The summed E-state index contributed by atoms with van der Waals surface area (Å²) in [6, 6.07) is 17.5. The van der Waals surface area contributed by atoms with Crippen molar-refractivity contribution >= 4 is 12.2 Å². The Morgan fingerprint density at radius 3 is 2.67 bits per heavy atom. The molecular weight excluding hydrogens is 222 g/mol. The summed E-state index contributed by atoms with van der Waals surface area (Å²) in [6.45, 7) is 0. The standard InChI is InChI=1S/C16H13NO/c1-18-16-8-4-5-13(11-16)9-10-14-6-2-3-7-15(14)12-17/h2-11H,1H3. The monoisotopic (exact) mass is 235 g/mol. The van der Waals surface area contributed by atoms with Crippen LogP contribution in [-0.2, 0) is 0 Å². The average Bonchev–Trinajstić information content (AvgIpc) is 2.45. The smallest absolute Gasteiger partial charge is 0.119 e. The third kappa shape index (κ3) is 2.78. The molecule has 0 amide bonds. The van der Waals surface area contributed by atoms with Crippen LogP contribution in [0.2, 0.25) is 0 Å². The highest BCUT2D eigenvalue weighted by atomic mass is 16.5. The van der Waals surface area contributed by atoms with E-state index in [0.29, 0.717) is 5.56 Å². The van der Waals surface area contributed by atoms with Gasteiger partial charge in [0.15, 0.2) is 0 Å². The van der Waals surface area contributed by atoms with E-state index in [1.807, 2.05) is 60.7 Å². The largest absolute Gasteiger partial charge is 0.497 e. The minimum atomic E-state index is 0.677. The van der Waals surface area contributed by atoms with E-state index in [0.717, 1.165) is 16.9 Å². The highest BCUT2D eigenvalue weighted by Crippen LogP contribution is 2.16. The predicted octanol–water partition coefficient (Wildman–Crippen LogP) is 3.74. The molecule has 2 nitrogen and oxygen atoms in total. The lowest BCUT2D eigenvalue weighted by molar-refractivity contribution is 0.414. The molecule has 0 spiro atoms. The normalized spacial score (nSPS) is 10.2. The van der Waals surface area contributed by atoms with Gasteiger partial charge in [-0.2, -0.15) is 5.26 Å². The Morgan fingerprint density at radius 2 is 1.89 bits per heavy atom. The number of methoxy groups -OCH3 is 1. The molecule has 2 aromatic carbocycles. The summed E-state index contributed by atoms with van der Waals surface area (Å²) in [7, 11) is 1.65. The number of benzene rings is 2. The van der Waals surface area contributed by atoms with Crippen molar-refractivity contribution < 1.29 is 4.74 Å². The molecule has 0 radical (unpaired) electrons. The molecule has 0 fully saturated rings. The Bertz CT molecular complexity index is 608. The fourth-order valence-electron chi connectivity index (χ4n) is 1.68. The molecule has 2 aromatic rings. The second kappa shape index (κ2) is 5.70. The van der Waals surface area contributed by atoms with Crippen LogP contribution in [0.1, 0.15) is 16.7 Å². The van der Waals surface area contributed by atoms with Crippen molar-refractivity contribution in [2.24, 2.45) is 0 Å². The van der Waals surface area contributed by atoms with Crippen LogP contribution in [0.15, 0.2) is 48.5 Å². The number of nitriles is 1. The number of hydrogen-bond acceptors (Lipinski definition) is 2. The van der Waals surface area contributed by atoms with Crippen molar-refractivity contribution in [3.8, 4) is 11.8 Å². The zero-order valence-electron chi connectivity index (χ0n) is 10.1. The molecule has 0 unspecified atom stereocenters. The topological polar surface area (TPSA) is 33.0 Å². The van der Waals surface area contributed by atoms with Gasteiger partial charge in [-0.1, -0.05) is 42.5 Å². The maximum Gasteiger partial charge on any atom is 0.119 e. The Balaban J connectivity index is 2.27. The van der Waals surface area contributed by atoms with Crippen LogP contribution < -0.4 is 4.74 Å². The van der Waals surface area contributed by atoms with Crippen LogP contribution in [-0.4, -0.2) is 7.11 Å². The maximum atomic E-state index is 8.99. The van der Waals surface area contributed by atoms with E-state index in [4.69, 9.17) is 10.00 Å². The van der Waals surface area contributed by atoms with Crippen molar-refractivity contribution in [3.63, 3.8) is 0 Å². The molecule has 2 rings (SSSR count). The summed E-state index contributed by atoms with van der Waals surface area (Å²) in [5, 5.41) is 8.99. The molecule has 0 aliphatic rings. The van der Waals surface area contributed by atoms with Gasteiger partial charge in [-0.25, -0.2) is 0 Å². The van der Waals surface area contributed by atoms with E-state index >= 15 is 0 Å². The number of ether oxygens (including phenoxy) is 1. The van der Waals surface area contributed by atoms with Gasteiger partial charge in [0, 0.05) is 0 Å². The minimum absolute atomic E-state index is 0.677. The average molecular weight is 235 g/mol. The van der Waals surface area contributed by atoms with E-state index in [2.05, 4.69) is 6.07 Å². The molecule has 0 N–H and O–H groups in total. The van der Waals surface area contributed by atoms with Crippen molar-refractivity contribution in [1.29, 1.82) is 5.26 Å².